The molecule has 1 aromatic heterocycles. The highest BCUT2D eigenvalue weighted by Gasteiger charge is 2.11. The summed E-state index contributed by atoms with van der Waals surface area (Å²) in [5.41, 5.74) is 4.43. The molecule has 0 amide bonds. The third-order valence-electron chi connectivity index (χ3n) is 2.06. The van der Waals surface area contributed by atoms with Crippen LogP contribution in [0.15, 0.2) is 12.3 Å². The van der Waals surface area contributed by atoms with Gasteiger partial charge in [0.1, 0.15) is 0 Å². The Morgan fingerprint density at radius 1 is 1.67 bits per heavy atom. The zero-order valence-corrected chi connectivity index (χ0v) is 7.32. The Kier molecular flexibility index (Phi) is 2.10. The number of nitrogens with zero attached hydrogens (tertiary/aromatic N) is 3. The zero-order valence-electron chi connectivity index (χ0n) is 7.32. The van der Waals surface area contributed by atoms with E-state index in [4.69, 9.17) is 0 Å². The van der Waals surface area contributed by atoms with E-state index in [2.05, 4.69) is 21.6 Å². The molecule has 0 atom stereocenters. The predicted molar refractivity (Wildman–Crippen MR) is 46.2 cm³/mol. The normalized spacial score (nSPS) is 18.8. The maximum Gasteiger partial charge on any atom is 0.0779 e. The van der Waals surface area contributed by atoms with Gasteiger partial charge in [-0.25, -0.2) is 5.01 Å². The van der Waals surface area contributed by atoms with E-state index in [9.17, 15) is 0 Å². The lowest BCUT2D eigenvalue weighted by atomic mass is 10.4. The van der Waals surface area contributed by atoms with Crippen molar-refractivity contribution in [1.82, 2.24) is 20.2 Å². The molecule has 4 nitrogen and oxygen atoms in total. The number of hydrogen-bond acceptors (Lipinski definition) is 3. The van der Waals surface area contributed by atoms with Crippen LogP contribution in [0.5, 0.6) is 0 Å². The van der Waals surface area contributed by atoms with Gasteiger partial charge in [-0.1, -0.05) is 0 Å². The molecule has 2 rings (SSSR count). The number of aryl methyl sites for hydroxylation is 1. The van der Waals surface area contributed by atoms with Crippen molar-refractivity contribution in [3.8, 4) is 0 Å². The van der Waals surface area contributed by atoms with Crippen LogP contribution in [0.1, 0.15) is 12.1 Å². The first kappa shape index (κ1) is 7.76. The highest BCUT2D eigenvalue weighted by Crippen LogP contribution is 2.03. The van der Waals surface area contributed by atoms with Crippen molar-refractivity contribution in [3.05, 3.63) is 18.0 Å². The standard InChI is InChI=1S/C8H14N4/c1-11-6-3-8(10-11)7-12-5-2-4-9-12/h3,6,9H,2,4-5,7H2,1H3. The van der Waals surface area contributed by atoms with Crippen LogP contribution in [0.3, 0.4) is 0 Å². The summed E-state index contributed by atoms with van der Waals surface area (Å²) in [4.78, 5) is 0. The summed E-state index contributed by atoms with van der Waals surface area (Å²) in [6.45, 7) is 3.16. The summed E-state index contributed by atoms with van der Waals surface area (Å²) < 4.78 is 1.84. The van der Waals surface area contributed by atoms with Crippen LogP contribution in [0, 0.1) is 0 Å². The molecule has 1 saturated heterocycles. The molecule has 1 N–H and O–H groups in total. The lowest BCUT2D eigenvalue weighted by Crippen LogP contribution is -2.30. The van der Waals surface area contributed by atoms with Crippen molar-refractivity contribution in [1.29, 1.82) is 0 Å². The van der Waals surface area contributed by atoms with Crippen LogP contribution >= 0.6 is 0 Å². The second-order valence-electron chi connectivity index (χ2n) is 3.16. The Balaban J connectivity index is 1.94. The van der Waals surface area contributed by atoms with Gasteiger partial charge in [0.15, 0.2) is 0 Å². The number of hydrazine groups is 1. The third-order valence-corrected chi connectivity index (χ3v) is 2.06. The average Bonchev–Trinajstić information content (AvgIpc) is 2.63. The van der Waals surface area contributed by atoms with Crippen LogP contribution in [-0.2, 0) is 13.6 Å². The molecule has 0 bridgehead atoms. The van der Waals surface area contributed by atoms with Crippen molar-refractivity contribution in [2.24, 2.45) is 7.05 Å². The lowest BCUT2D eigenvalue weighted by Gasteiger charge is -2.12. The molecular weight excluding hydrogens is 152 g/mol. The average molecular weight is 166 g/mol. The number of rotatable bonds is 2. The molecule has 0 aliphatic carbocycles. The maximum absolute atomic E-state index is 4.31. The summed E-state index contributed by atoms with van der Waals surface area (Å²) in [5, 5.41) is 6.52. The largest absolute Gasteiger partial charge is 0.276 e. The fourth-order valence-electron chi connectivity index (χ4n) is 1.46. The van der Waals surface area contributed by atoms with Crippen molar-refractivity contribution < 1.29 is 0 Å². The van der Waals surface area contributed by atoms with E-state index >= 15 is 0 Å². The minimum absolute atomic E-state index is 0.918. The number of aromatic nitrogens is 2. The summed E-state index contributed by atoms with van der Waals surface area (Å²) >= 11 is 0. The molecule has 0 aromatic carbocycles. The van der Waals surface area contributed by atoms with Crippen LogP contribution in [0.2, 0.25) is 0 Å². The van der Waals surface area contributed by atoms with Crippen molar-refractivity contribution in [3.63, 3.8) is 0 Å². The molecule has 0 unspecified atom stereocenters. The SMILES string of the molecule is Cn1ccc(CN2CCCN2)n1. The molecule has 1 aliphatic rings. The molecule has 1 fully saturated rings. The molecule has 0 radical (unpaired) electrons. The molecule has 4 heteroatoms. The van der Waals surface area contributed by atoms with E-state index in [1.165, 1.54) is 6.42 Å². The van der Waals surface area contributed by atoms with Crippen molar-refractivity contribution in [2.75, 3.05) is 13.1 Å². The molecule has 0 spiro atoms. The van der Waals surface area contributed by atoms with Gasteiger partial charge in [-0.3, -0.25) is 10.1 Å². The van der Waals surface area contributed by atoms with Gasteiger partial charge in [0.25, 0.3) is 0 Å². The number of nitrogens with one attached hydrogen (secondary N) is 1. The zero-order chi connectivity index (χ0) is 8.39. The third kappa shape index (κ3) is 1.65. The van der Waals surface area contributed by atoms with Crippen LogP contribution in [0.4, 0.5) is 0 Å². The maximum atomic E-state index is 4.31. The van der Waals surface area contributed by atoms with E-state index in [0.29, 0.717) is 0 Å². The van der Waals surface area contributed by atoms with Crippen molar-refractivity contribution in [2.45, 2.75) is 13.0 Å². The van der Waals surface area contributed by atoms with Gasteiger partial charge in [-0.2, -0.15) is 5.10 Å². The van der Waals surface area contributed by atoms with Gasteiger partial charge in [0.05, 0.1) is 12.2 Å². The van der Waals surface area contributed by atoms with Gasteiger partial charge in [0.2, 0.25) is 0 Å². The van der Waals surface area contributed by atoms with Gasteiger partial charge in [0, 0.05) is 26.3 Å². The summed E-state index contributed by atoms with van der Waals surface area (Å²) in [5.74, 6) is 0. The number of hydrogen-bond donors (Lipinski definition) is 1. The summed E-state index contributed by atoms with van der Waals surface area (Å²) in [7, 11) is 1.95. The molecule has 0 saturated carbocycles. The Bertz CT molecular complexity index is 249. The topological polar surface area (TPSA) is 33.1 Å². The highest BCUT2D eigenvalue weighted by molar-refractivity contribution is 4.98. The molecule has 12 heavy (non-hydrogen) atoms. The Hall–Kier alpha value is -0.870. The van der Waals surface area contributed by atoms with Crippen LogP contribution in [0.25, 0.3) is 0 Å². The van der Waals surface area contributed by atoms with E-state index in [-0.39, 0.29) is 0 Å². The minimum atomic E-state index is 0.918. The lowest BCUT2D eigenvalue weighted by molar-refractivity contribution is 0.241. The quantitative estimate of drug-likeness (QED) is 0.678. The van der Waals surface area contributed by atoms with Crippen molar-refractivity contribution >= 4 is 0 Å². The molecule has 1 aliphatic heterocycles. The Morgan fingerprint density at radius 3 is 3.17 bits per heavy atom. The highest BCUT2D eigenvalue weighted by atomic mass is 15.5. The minimum Gasteiger partial charge on any atom is -0.276 e. The van der Waals surface area contributed by atoms with Gasteiger partial charge < -0.3 is 0 Å². The first-order chi connectivity index (χ1) is 5.84. The first-order valence-corrected chi connectivity index (χ1v) is 4.31. The Labute approximate surface area is 72.1 Å². The van der Waals surface area contributed by atoms with E-state index in [0.717, 1.165) is 25.3 Å². The summed E-state index contributed by atoms with van der Waals surface area (Å²) in [6.07, 6.45) is 3.22. The van der Waals surface area contributed by atoms with Gasteiger partial charge >= 0.3 is 0 Å². The fraction of sp³-hybridized carbons (Fsp3) is 0.625. The molecule has 1 aromatic rings. The fourth-order valence-corrected chi connectivity index (χ4v) is 1.46. The predicted octanol–water partition coefficient (Wildman–Crippen LogP) is 0.130. The molecule has 66 valence electrons. The summed E-state index contributed by atoms with van der Waals surface area (Å²) in [6, 6.07) is 2.06. The van der Waals surface area contributed by atoms with E-state index < -0.39 is 0 Å². The second kappa shape index (κ2) is 3.25. The Morgan fingerprint density at radius 2 is 2.58 bits per heavy atom. The molecule has 2 heterocycles. The first-order valence-electron chi connectivity index (χ1n) is 4.31. The van der Waals surface area contributed by atoms with Gasteiger partial charge in [-0.05, 0) is 12.5 Å². The van der Waals surface area contributed by atoms with E-state index in [1.54, 1.807) is 0 Å². The van der Waals surface area contributed by atoms with E-state index in [1.807, 2.05) is 17.9 Å². The van der Waals surface area contributed by atoms with Crippen LogP contribution < -0.4 is 5.43 Å². The monoisotopic (exact) mass is 166 g/mol. The van der Waals surface area contributed by atoms with Crippen LogP contribution in [-0.4, -0.2) is 27.9 Å². The van der Waals surface area contributed by atoms with Gasteiger partial charge in [-0.15, -0.1) is 0 Å². The smallest absolute Gasteiger partial charge is 0.0779 e. The molecular formula is C8H14N4. The second-order valence-corrected chi connectivity index (χ2v) is 3.16.